The summed E-state index contributed by atoms with van der Waals surface area (Å²) in [6.45, 7) is 2.51. The van der Waals surface area contributed by atoms with E-state index in [1.807, 2.05) is 0 Å². The maximum atomic E-state index is 12.8. The van der Waals surface area contributed by atoms with Crippen LogP contribution < -0.4 is 0 Å². The van der Waals surface area contributed by atoms with E-state index in [2.05, 4.69) is 13.8 Å². The lowest BCUT2D eigenvalue weighted by Crippen LogP contribution is -2.61. The first-order valence-electron chi connectivity index (χ1n) is 20.6. The highest BCUT2D eigenvalue weighted by Crippen LogP contribution is 2.26. The second-order valence-electron chi connectivity index (χ2n) is 14.8. The summed E-state index contributed by atoms with van der Waals surface area (Å²) in [6.07, 6.45) is 3.25. The summed E-state index contributed by atoms with van der Waals surface area (Å²) in [7, 11) is 0. The van der Waals surface area contributed by atoms with Crippen molar-refractivity contribution < 1.29 is 73.8 Å². The molecule has 0 bridgehead atoms. The first-order chi connectivity index (χ1) is 26.0. The summed E-state index contributed by atoms with van der Waals surface area (Å²) in [5, 5.41) is 71.5. The van der Waals surface area contributed by atoms with Crippen molar-refractivity contribution in [1.29, 1.82) is 0 Å². The van der Waals surface area contributed by atoms with Crippen molar-refractivity contribution >= 4 is 11.9 Å². The van der Waals surface area contributed by atoms with E-state index in [1.54, 1.807) is 0 Å². The van der Waals surface area contributed by atoms with Crippen LogP contribution in [0.1, 0.15) is 142 Å². The van der Waals surface area contributed by atoms with E-state index in [-0.39, 0.29) is 26.1 Å². The molecule has 11 atom stereocenters. The molecule has 15 nitrogen and oxygen atoms in total. The largest absolute Gasteiger partial charge is 0.462 e. The Morgan fingerprint density at radius 2 is 0.944 bits per heavy atom. The van der Waals surface area contributed by atoms with Gasteiger partial charge < -0.3 is 64.2 Å². The summed E-state index contributed by atoms with van der Waals surface area (Å²) in [5.74, 6) is -0.927. The van der Waals surface area contributed by atoms with Gasteiger partial charge in [-0.2, -0.15) is 0 Å². The number of aliphatic hydroxyl groups is 7. The molecule has 0 aromatic heterocycles. The van der Waals surface area contributed by atoms with Crippen LogP contribution in [-0.4, -0.2) is 142 Å². The SMILES string of the molecule is CCCCCCCCCCCC(=O)OCC(COC1OC(COC2OC(CO)C(O)C(O)C2O)C(O)C(O)C1O)OC(=O)CCCCCCCCCCC. The average molecular weight is 781 g/mol. The molecule has 11 unspecified atom stereocenters. The molecule has 0 spiro atoms. The van der Waals surface area contributed by atoms with Gasteiger partial charge in [-0.3, -0.25) is 9.59 Å². The lowest BCUT2D eigenvalue weighted by Gasteiger charge is -2.42. The minimum Gasteiger partial charge on any atom is -0.462 e. The summed E-state index contributed by atoms with van der Waals surface area (Å²) >= 11 is 0. The molecule has 0 radical (unpaired) electrons. The zero-order valence-corrected chi connectivity index (χ0v) is 32.7. The number of esters is 2. The Morgan fingerprint density at radius 1 is 0.519 bits per heavy atom. The Bertz CT molecular complexity index is 970. The van der Waals surface area contributed by atoms with Crippen LogP contribution in [0.15, 0.2) is 0 Å². The van der Waals surface area contributed by atoms with Gasteiger partial charge in [0, 0.05) is 12.8 Å². The monoisotopic (exact) mass is 780 g/mol. The van der Waals surface area contributed by atoms with Crippen LogP contribution in [0.25, 0.3) is 0 Å². The normalized spacial score (nSPS) is 29.2. The molecule has 2 saturated heterocycles. The van der Waals surface area contributed by atoms with Gasteiger partial charge in [0.15, 0.2) is 18.7 Å². The van der Waals surface area contributed by atoms with E-state index >= 15 is 0 Å². The van der Waals surface area contributed by atoms with Crippen molar-refractivity contribution in [3.05, 3.63) is 0 Å². The molecule has 318 valence electrons. The first kappa shape index (κ1) is 48.6. The number of carbonyl (C=O) groups is 2. The molecule has 2 aliphatic heterocycles. The number of hydrogen-bond acceptors (Lipinski definition) is 15. The second kappa shape index (κ2) is 28.8. The fourth-order valence-electron chi connectivity index (χ4n) is 6.57. The van der Waals surface area contributed by atoms with Crippen LogP contribution in [-0.2, 0) is 38.0 Å². The van der Waals surface area contributed by atoms with Gasteiger partial charge in [-0.1, -0.05) is 117 Å². The maximum Gasteiger partial charge on any atom is 0.306 e. The summed E-state index contributed by atoms with van der Waals surface area (Å²) in [6, 6.07) is 0. The highest BCUT2D eigenvalue weighted by atomic mass is 16.7. The third kappa shape index (κ3) is 18.6. The molecule has 2 rings (SSSR count). The van der Waals surface area contributed by atoms with E-state index in [4.69, 9.17) is 28.4 Å². The minimum absolute atomic E-state index is 0.170. The van der Waals surface area contributed by atoms with E-state index in [0.717, 1.165) is 38.5 Å². The predicted molar refractivity (Wildman–Crippen MR) is 197 cm³/mol. The van der Waals surface area contributed by atoms with Crippen LogP contribution in [0.2, 0.25) is 0 Å². The number of carbonyl (C=O) groups excluding carboxylic acids is 2. The van der Waals surface area contributed by atoms with Crippen molar-refractivity contribution in [3.63, 3.8) is 0 Å². The average Bonchev–Trinajstić information content (AvgIpc) is 3.16. The smallest absolute Gasteiger partial charge is 0.306 e. The number of hydrogen-bond donors (Lipinski definition) is 7. The summed E-state index contributed by atoms with van der Waals surface area (Å²) < 4.78 is 33.3. The molecule has 2 fully saturated rings. The fourth-order valence-corrected chi connectivity index (χ4v) is 6.57. The van der Waals surface area contributed by atoms with E-state index < -0.39 is 92.7 Å². The molecule has 0 saturated carbocycles. The Hall–Kier alpha value is -1.50. The number of aliphatic hydroxyl groups excluding tert-OH is 7. The molecule has 0 aromatic carbocycles. The van der Waals surface area contributed by atoms with Crippen molar-refractivity contribution in [1.82, 2.24) is 0 Å². The minimum atomic E-state index is -1.76. The van der Waals surface area contributed by atoms with E-state index in [9.17, 15) is 45.3 Å². The molecule has 2 aliphatic rings. The van der Waals surface area contributed by atoms with Crippen molar-refractivity contribution in [3.8, 4) is 0 Å². The van der Waals surface area contributed by atoms with Crippen molar-refractivity contribution in [2.45, 2.75) is 210 Å². The Kier molecular flexibility index (Phi) is 26.0. The van der Waals surface area contributed by atoms with Gasteiger partial charge in [-0.05, 0) is 12.8 Å². The third-order valence-electron chi connectivity index (χ3n) is 10.1. The van der Waals surface area contributed by atoms with Gasteiger partial charge in [0.05, 0.1) is 19.8 Å². The van der Waals surface area contributed by atoms with E-state index in [0.29, 0.717) is 12.8 Å². The van der Waals surface area contributed by atoms with Crippen LogP contribution in [0.4, 0.5) is 0 Å². The first-order valence-corrected chi connectivity index (χ1v) is 20.6. The number of unbranched alkanes of at least 4 members (excludes halogenated alkanes) is 16. The quantitative estimate of drug-likeness (QED) is 0.0411. The molecule has 15 heteroatoms. The predicted octanol–water partition coefficient (Wildman–Crippen LogP) is 2.92. The van der Waals surface area contributed by atoms with Gasteiger partial charge in [0.25, 0.3) is 0 Å². The lowest BCUT2D eigenvalue weighted by molar-refractivity contribution is -0.332. The Morgan fingerprint density at radius 3 is 1.44 bits per heavy atom. The second-order valence-corrected chi connectivity index (χ2v) is 14.8. The molecule has 7 N–H and O–H groups in total. The van der Waals surface area contributed by atoms with Gasteiger partial charge in [0.1, 0.15) is 55.4 Å². The number of rotatable bonds is 30. The molecule has 0 amide bonds. The summed E-state index contributed by atoms with van der Waals surface area (Å²) in [4.78, 5) is 25.4. The van der Waals surface area contributed by atoms with Gasteiger partial charge in [-0.15, -0.1) is 0 Å². The van der Waals surface area contributed by atoms with Crippen LogP contribution in [0.3, 0.4) is 0 Å². The molecular formula is C39H72O15. The van der Waals surface area contributed by atoms with Crippen LogP contribution in [0, 0.1) is 0 Å². The highest BCUT2D eigenvalue weighted by molar-refractivity contribution is 5.70. The Labute approximate surface area is 321 Å². The van der Waals surface area contributed by atoms with E-state index in [1.165, 1.54) is 64.2 Å². The molecule has 0 aromatic rings. The van der Waals surface area contributed by atoms with Gasteiger partial charge >= 0.3 is 11.9 Å². The third-order valence-corrected chi connectivity index (χ3v) is 10.1. The molecule has 54 heavy (non-hydrogen) atoms. The lowest BCUT2D eigenvalue weighted by atomic mass is 9.98. The molecule has 2 heterocycles. The topological polar surface area (TPSA) is 231 Å². The maximum absolute atomic E-state index is 12.8. The zero-order valence-electron chi connectivity index (χ0n) is 32.7. The van der Waals surface area contributed by atoms with Gasteiger partial charge in [-0.25, -0.2) is 0 Å². The molecular weight excluding hydrogens is 708 g/mol. The summed E-state index contributed by atoms with van der Waals surface area (Å²) in [5.41, 5.74) is 0. The zero-order chi connectivity index (χ0) is 39.7. The highest BCUT2D eigenvalue weighted by Gasteiger charge is 2.47. The van der Waals surface area contributed by atoms with Crippen LogP contribution >= 0.6 is 0 Å². The standard InChI is InChI=1S/C39H72O15/c1-3-5-7-9-11-13-15-17-19-21-30(41)49-24-27(52-31(42)22-20-18-16-14-12-10-8-6-4-2)25-50-38-37(48)35(46)33(44)29(54-38)26-51-39-36(47)34(45)32(43)28(23-40)53-39/h27-29,32-40,43-48H,3-26H2,1-2H3. The molecule has 0 aliphatic carbocycles. The van der Waals surface area contributed by atoms with Crippen molar-refractivity contribution in [2.75, 3.05) is 26.4 Å². The van der Waals surface area contributed by atoms with Crippen molar-refractivity contribution in [2.24, 2.45) is 0 Å². The fraction of sp³-hybridized carbons (Fsp3) is 0.949. The Balaban J connectivity index is 1.90. The van der Waals surface area contributed by atoms with Crippen LogP contribution in [0.5, 0.6) is 0 Å². The van der Waals surface area contributed by atoms with Gasteiger partial charge in [0.2, 0.25) is 0 Å². The number of ether oxygens (including phenoxy) is 6.